The van der Waals surface area contributed by atoms with Gasteiger partial charge in [-0.1, -0.05) is 36.4 Å². The fourth-order valence-electron chi connectivity index (χ4n) is 3.39. The van der Waals surface area contributed by atoms with Crippen LogP contribution in [-0.2, 0) is 13.0 Å². The van der Waals surface area contributed by atoms with Crippen LogP contribution in [0.2, 0.25) is 0 Å². The average molecular weight is 362 g/mol. The third-order valence-electron chi connectivity index (χ3n) is 4.81. The number of fused-ring (bicyclic) bond motifs is 1. The van der Waals surface area contributed by atoms with Gasteiger partial charge in [-0.15, -0.1) is 11.3 Å². The summed E-state index contributed by atoms with van der Waals surface area (Å²) in [6, 6.07) is 19.0. The second-order valence-electron chi connectivity index (χ2n) is 6.69. The lowest BCUT2D eigenvalue weighted by atomic mass is 9.99. The molecule has 1 aromatic heterocycles. The molecule has 0 amide bonds. The highest BCUT2D eigenvalue weighted by Gasteiger charge is 2.14. The molecular weight excluding hydrogens is 340 g/mol. The molecule has 0 saturated heterocycles. The number of ether oxygens (including phenoxy) is 1. The highest BCUT2D eigenvalue weighted by Crippen LogP contribution is 2.32. The molecule has 3 aromatic rings. The first kappa shape index (κ1) is 17.1. The zero-order chi connectivity index (χ0) is 17.9. The van der Waals surface area contributed by atoms with Gasteiger partial charge in [0, 0.05) is 9.75 Å². The van der Waals surface area contributed by atoms with Crippen LogP contribution in [0.4, 0.5) is 0 Å². The second-order valence-corrected chi connectivity index (χ2v) is 7.86. The summed E-state index contributed by atoms with van der Waals surface area (Å²) in [7, 11) is 0. The van der Waals surface area contributed by atoms with E-state index < -0.39 is 0 Å². The predicted molar refractivity (Wildman–Crippen MR) is 109 cm³/mol. The number of hydrogen-bond acceptors (Lipinski definition) is 3. The van der Waals surface area contributed by atoms with Crippen molar-refractivity contribution < 1.29 is 9.84 Å². The van der Waals surface area contributed by atoms with Gasteiger partial charge in [-0.05, 0) is 71.9 Å². The van der Waals surface area contributed by atoms with E-state index in [1.807, 2.05) is 12.1 Å². The topological polar surface area (TPSA) is 29.5 Å². The Balaban J connectivity index is 1.47. The summed E-state index contributed by atoms with van der Waals surface area (Å²) in [5.41, 5.74) is 6.19. The van der Waals surface area contributed by atoms with Crippen molar-refractivity contribution in [1.82, 2.24) is 0 Å². The van der Waals surface area contributed by atoms with Gasteiger partial charge in [0.15, 0.2) is 0 Å². The molecule has 0 spiro atoms. The van der Waals surface area contributed by atoms with Crippen molar-refractivity contribution in [3.8, 4) is 16.9 Å². The van der Waals surface area contributed by atoms with Crippen molar-refractivity contribution in [2.24, 2.45) is 0 Å². The molecule has 4 rings (SSSR count). The zero-order valence-electron chi connectivity index (χ0n) is 14.9. The number of aliphatic hydroxyl groups excluding tert-OH is 1. The normalized spacial score (nSPS) is 13.2. The molecule has 0 bridgehead atoms. The maximum Gasteiger partial charge on any atom is 0.122 e. The van der Waals surface area contributed by atoms with E-state index in [0.717, 1.165) is 24.2 Å². The molecule has 0 atom stereocenters. The van der Waals surface area contributed by atoms with Crippen molar-refractivity contribution in [3.63, 3.8) is 0 Å². The lowest BCUT2D eigenvalue weighted by molar-refractivity contribution is 0.309. The van der Waals surface area contributed by atoms with Crippen molar-refractivity contribution in [3.05, 3.63) is 81.1 Å². The van der Waals surface area contributed by atoms with Gasteiger partial charge in [-0.3, -0.25) is 0 Å². The van der Waals surface area contributed by atoms with Gasteiger partial charge in [-0.25, -0.2) is 0 Å². The Hall–Kier alpha value is -2.36. The van der Waals surface area contributed by atoms with Gasteiger partial charge in [0.1, 0.15) is 12.4 Å². The SMILES string of the molecule is Cc1cc(OCc2cc3c(s2)C=C(CO)CC3)ccc1-c1ccccc1. The minimum absolute atomic E-state index is 0.163. The number of benzene rings is 2. The summed E-state index contributed by atoms with van der Waals surface area (Å²) in [4.78, 5) is 2.50. The van der Waals surface area contributed by atoms with Crippen LogP contribution in [0.25, 0.3) is 17.2 Å². The van der Waals surface area contributed by atoms with E-state index in [9.17, 15) is 5.11 Å². The predicted octanol–water partition coefficient (Wildman–Crippen LogP) is 5.62. The van der Waals surface area contributed by atoms with Gasteiger partial charge >= 0.3 is 0 Å². The molecule has 1 aliphatic carbocycles. The van der Waals surface area contributed by atoms with Gasteiger partial charge in [0.2, 0.25) is 0 Å². The van der Waals surface area contributed by atoms with Crippen LogP contribution in [0.5, 0.6) is 5.75 Å². The van der Waals surface area contributed by atoms with E-state index in [-0.39, 0.29) is 6.61 Å². The summed E-state index contributed by atoms with van der Waals surface area (Å²) in [6.45, 7) is 2.88. The lowest BCUT2D eigenvalue weighted by Crippen LogP contribution is -1.99. The maximum atomic E-state index is 9.32. The minimum Gasteiger partial charge on any atom is -0.488 e. The number of aryl methyl sites for hydroxylation is 2. The number of aliphatic hydroxyl groups is 1. The van der Waals surface area contributed by atoms with Gasteiger partial charge in [-0.2, -0.15) is 0 Å². The summed E-state index contributed by atoms with van der Waals surface area (Å²) in [5, 5.41) is 9.32. The fraction of sp³-hybridized carbons (Fsp3) is 0.217. The molecule has 1 heterocycles. The second kappa shape index (κ2) is 7.48. The van der Waals surface area contributed by atoms with E-state index in [4.69, 9.17) is 4.74 Å². The first-order valence-corrected chi connectivity index (χ1v) is 9.75. The molecule has 26 heavy (non-hydrogen) atoms. The highest BCUT2D eigenvalue weighted by atomic mass is 32.1. The van der Waals surface area contributed by atoms with Crippen LogP contribution in [-0.4, -0.2) is 11.7 Å². The molecule has 0 unspecified atom stereocenters. The molecule has 3 heteroatoms. The van der Waals surface area contributed by atoms with Crippen molar-refractivity contribution in [2.75, 3.05) is 6.61 Å². The van der Waals surface area contributed by atoms with E-state index in [2.05, 4.69) is 55.5 Å². The molecule has 2 aromatic carbocycles. The Labute approximate surface area is 158 Å². The van der Waals surface area contributed by atoms with E-state index in [0.29, 0.717) is 6.61 Å². The van der Waals surface area contributed by atoms with E-state index in [1.54, 1.807) is 11.3 Å². The van der Waals surface area contributed by atoms with Crippen molar-refractivity contribution in [2.45, 2.75) is 26.4 Å². The molecule has 0 fully saturated rings. The van der Waals surface area contributed by atoms with Crippen LogP contribution in [0, 0.1) is 6.92 Å². The van der Waals surface area contributed by atoms with Gasteiger partial charge in [0.05, 0.1) is 6.61 Å². The van der Waals surface area contributed by atoms with Crippen LogP contribution in [0.15, 0.2) is 60.2 Å². The van der Waals surface area contributed by atoms with Crippen molar-refractivity contribution >= 4 is 17.4 Å². The zero-order valence-corrected chi connectivity index (χ0v) is 15.7. The number of thiophene rings is 1. The fourth-order valence-corrected chi connectivity index (χ4v) is 4.51. The Kier molecular flexibility index (Phi) is 4.91. The van der Waals surface area contributed by atoms with Crippen LogP contribution in [0.3, 0.4) is 0 Å². The van der Waals surface area contributed by atoms with E-state index >= 15 is 0 Å². The van der Waals surface area contributed by atoms with Crippen LogP contribution >= 0.6 is 11.3 Å². The Morgan fingerprint density at radius 1 is 1.04 bits per heavy atom. The number of hydrogen-bond donors (Lipinski definition) is 1. The first-order valence-electron chi connectivity index (χ1n) is 8.93. The molecule has 1 aliphatic rings. The highest BCUT2D eigenvalue weighted by molar-refractivity contribution is 7.13. The number of rotatable bonds is 5. The lowest BCUT2D eigenvalue weighted by Gasteiger charge is -2.10. The van der Waals surface area contributed by atoms with Crippen LogP contribution in [0.1, 0.15) is 27.3 Å². The minimum atomic E-state index is 0.163. The Morgan fingerprint density at radius 2 is 1.88 bits per heavy atom. The summed E-state index contributed by atoms with van der Waals surface area (Å²) in [5.74, 6) is 0.903. The quantitative estimate of drug-likeness (QED) is 0.638. The van der Waals surface area contributed by atoms with E-state index in [1.165, 1.54) is 32.0 Å². The largest absolute Gasteiger partial charge is 0.488 e. The Bertz CT molecular complexity index is 938. The molecular formula is C23H22O2S. The summed E-state index contributed by atoms with van der Waals surface area (Å²) < 4.78 is 6.04. The monoisotopic (exact) mass is 362 g/mol. The molecule has 0 saturated carbocycles. The summed E-state index contributed by atoms with van der Waals surface area (Å²) in [6.07, 6.45) is 4.11. The Morgan fingerprint density at radius 3 is 2.65 bits per heavy atom. The molecule has 0 radical (unpaired) electrons. The molecule has 1 N–H and O–H groups in total. The molecule has 132 valence electrons. The standard InChI is InChI=1S/C23H22O2S/c1-16-11-20(9-10-22(16)18-5-3-2-4-6-18)25-15-21-13-19-8-7-17(14-24)12-23(19)26-21/h2-6,9-13,24H,7-8,14-15H2,1H3. The van der Waals surface area contributed by atoms with Gasteiger partial charge in [0.25, 0.3) is 0 Å². The maximum absolute atomic E-state index is 9.32. The van der Waals surface area contributed by atoms with Gasteiger partial charge < -0.3 is 9.84 Å². The van der Waals surface area contributed by atoms with Crippen molar-refractivity contribution in [1.29, 1.82) is 0 Å². The first-order chi connectivity index (χ1) is 12.7. The summed E-state index contributed by atoms with van der Waals surface area (Å²) >= 11 is 1.77. The molecule has 2 nitrogen and oxygen atoms in total. The smallest absolute Gasteiger partial charge is 0.122 e. The van der Waals surface area contributed by atoms with Crippen LogP contribution < -0.4 is 4.74 Å². The third kappa shape index (κ3) is 3.59. The average Bonchev–Trinajstić information content (AvgIpc) is 3.09. The molecule has 0 aliphatic heterocycles. The third-order valence-corrected chi connectivity index (χ3v) is 5.91.